The zero-order valence-electron chi connectivity index (χ0n) is 14.4. The van der Waals surface area contributed by atoms with Crippen molar-refractivity contribution in [3.63, 3.8) is 0 Å². The fourth-order valence-corrected chi connectivity index (χ4v) is 7.17. The first kappa shape index (κ1) is 20.6. The minimum atomic E-state index is -3.83. The van der Waals surface area contributed by atoms with Crippen LogP contribution in [0.5, 0.6) is 0 Å². The van der Waals surface area contributed by atoms with Gasteiger partial charge in [0, 0.05) is 25.7 Å². The largest absolute Gasteiger partial charge is 0.244 e. The summed E-state index contributed by atoms with van der Waals surface area (Å²) in [5.41, 5.74) is 0. The summed E-state index contributed by atoms with van der Waals surface area (Å²) in [4.78, 5) is 0.0298. The van der Waals surface area contributed by atoms with E-state index in [1.54, 1.807) is 31.2 Å². The first-order chi connectivity index (χ1) is 12.7. The SMILES string of the molecule is C[C@@H]1CN(S(=O)(=O)c2ccccc2Cl)CCN1S(=O)(=O)c1ccccc1Cl. The maximum absolute atomic E-state index is 13.0. The lowest BCUT2D eigenvalue weighted by molar-refractivity contribution is 0.212. The summed E-state index contributed by atoms with van der Waals surface area (Å²) in [6.07, 6.45) is 0. The Hall–Kier alpha value is -1.16. The third-order valence-corrected chi connectivity index (χ3v) is 9.29. The molecule has 146 valence electrons. The van der Waals surface area contributed by atoms with Crippen molar-refractivity contribution in [3.05, 3.63) is 58.6 Å². The van der Waals surface area contributed by atoms with E-state index in [2.05, 4.69) is 0 Å². The molecule has 1 aliphatic rings. The minimum absolute atomic E-state index is 0.0147. The molecule has 6 nitrogen and oxygen atoms in total. The van der Waals surface area contributed by atoms with Crippen LogP contribution in [0.4, 0.5) is 0 Å². The lowest BCUT2D eigenvalue weighted by Crippen LogP contribution is -2.55. The van der Waals surface area contributed by atoms with Crippen LogP contribution in [-0.2, 0) is 20.0 Å². The molecule has 0 amide bonds. The predicted octanol–water partition coefficient (Wildman–Crippen LogP) is 3.08. The van der Waals surface area contributed by atoms with Gasteiger partial charge in [-0.25, -0.2) is 16.8 Å². The van der Waals surface area contributed by atoms with E-state index in [9.17, 15) is 16.8 Å². The van der Waals surface area contributed by atoms with Crippen LogP contribution in [0.3, 0.4) is 0 Å². The summed E-state index contributed by atoms with van der Waals surface area (Å²) in [5, 5.41) is 0.270. The van der Waals surface area contributed by atoms with Gasteiger partial charge in [0.05, 0.1) is 10.0 Å². The summed E-state index contributed by atoms with van der Waals surface area (Å²) < 4.78 is 54.2. The highest BCUT2D eigenvalue weighted by molar-refractivity contribution is 7.89. The number of benzene rings is 2. The fourth-order valence-electron chi connectivity index (χ4n) is 3.06. The normalized spacial score (nSPS) is 19.9. The number of piperazine rings is 1. The number of rotatable bonds is 4. The van der Waals surface area contributed by atoms with Crippen molar-refractivity contribution in [1.82, 2.24) is 8.61 Å². The van der Waals surface area contributed by atoms with Crippen LogP contribution in [0.2, 0.25) is 10.0 Å². The van der Waals surface area contributed by atoms with E-state index in [1.165, 1.54) is 32.9 Å². The van der Waals surface area contributed by atoms with Crippen LogP contribution in [0, 0.1) is 0 Å². The third-order valence-electron chi connectivity index (χ3n) is 4.41. The molecule has 1 atom stereocenters. The van der Waals surface area contributed by atoms with Crippen LogP contribution in [0.1, 0.15) is 6.92 Å². The Morgan fingerprint density at radius 3 is 1.78 bits per heavy atom. The van der Waals surface area contributed by atoms with Crippen LogP contribution < -0.4 is 0 Å². The topological polar surface area (TPSA) is 74.8 Å². The molecule has 0 unspecified atom stereocenters. The van der Waals surface area contributed by atoms with Crippen molar-refractivity contribution in [2.75, 3.05) is 19.6 Å². The molecule has 1 saturated heterocycles. The molecule has 10 heteroatoms. The standard InChI is InChI=1S/C17H18Cl2N2O4S2/c1-13-12-20(26(22,23)16-8-4-2-6-14(16)18)10-11-21(13)27(24,25)17-9-5-3-7-15(17)19/h2-9,13H,10-12H2,1H3/t13-/m1/s1. The summed E-state index contributed by atoms with van der Waals surface area (Å²) in [6.45, 7) is 1.75. The highest BCUT2D eigenvalue weighted by Gasteiger charge is 2.39. The van der Waals surface area contributed by atoms with E-state index < -0.39 is 26.1 Å². The predicted molar refractivity (Wildman–Crippen MR) is 105 cm³/mol. The monoisotopic (exact) mass is 448 g/mol. The number of sulfonamides is 2. The van der Waals surface area contributed by atoms with Gasteiger partial charge in [-0.3, -0.25) is 0 Å². The molecule has 0 bridgehead atoms. The molecular weight excluding hydrogens is 431 g/mol. The molecule has 2 aromatic rings. The molecule has 1 fully saturated rings. The highest BCUT2D eigenvalue weighted by atomic mass is 35.5. The average molecular weight is 449 g/mol. The Labute approximate surface area is 169 Å². The molecule has 0 aromatic heterocycles. The van der Waals surface area contributed by atoms with Gasteiger partial charge in [0.1, 0.15) is 9.79 Å². The van der Waals surface area contributed by atoms with Crippen LogP contribution in [-0.4, -0.2) is 51.1 Å². The smallest absolute Gasteiger partial charge is 0.207 e. The number of halogens is 2. The fraction of sp³-hybridized carbons (Fsp3) is 0.294. The zero-order valence-corrected chi connectivity index (χ0v) is 17.6. The molecule has 2 aromatic carbocycles. The molecule has 3 rings (SSSR count). The molecule has 0 spiro atoms. The van der Waals surface area contributed by atoms with Crippen molar-refractivity contribution in [2.24, 2.45) is 0 Å². The van der Waals surface area contributed by atoms with Gasteiger partial charge in [0.2, 0.25) is 20.0 Å². The Kier molecular flexibility index (Phi) is 5.86. The summed E-state index contributed by atoms with van der Waals surface area (Å²) >= 11 is 12.1. The van der Waals surface area contributed by atoms with Gasteiger partial charge in [-0.15, -0.1) is 0 Å². The second kappa shape index (κ2) is 7.69. The Bertz CT molecular complexity index is 1060. The van der Waals surface area contributed by atoms with Crippen molar-refractivity contribution in [3.8, 4) is 0 Å². The molecule has 27 heavy (non-hydrogen) atoms. The molecule has 0 N–H and O–H groups in total. The summed E-state index contributed by atoms with van der Waals surface area (Å²) in [5.74, 6) is 0. The first-order valence-corrected chi connectivity index (χ1v) is 11.8. The highest BCUT2D eigenvalue weighted by Crippen LogP contribution is 2.30. The van der Waals surface area contributed by atoms with E-state index >= 15 is 0 Å². The van der Waals surface area contributed by atoms with Crippen LogP contribution in [0.15, 0.2) is 58.3 Å². The first-order valence-electron chi connectivity index (χ1n) is 8.17. The lowest BCUT2D eigenvalue weighted by atomic mass is 10.3. The number of hydrogen-bond donors (Lipinski definition) is 0. The van der Waals surface area contributed by atoms with Gasteiger partial charge >= 0.3 is 0 Å². The zero-order chi connectivity index (χ0) is 19.8. The Morgan fingerprint density at radius 1 is 0.815 bits per heavy atom. The van der Waals surface area contributed by atoms with Gasteiger partial charge in [-0.1, -0.05) is 47.5 Å². The van der Waals surface area contributed by atoms with Crippen LogP contribution >= 0.6 is 23.2 Å². The van der Waals surface area contributed by atoms with Crippen molar-refractivity contribution in [1.29, 1.82) is 0 Å². The van der Waals surface area contributed by atoms with E-state index in [-0.39, 0.29) is 39.5 Å². The third kappa shape index (κ3) is 3.87. The van der Waals surface area contributed by atoms with Crippen LogP contribution in [0.25, 0.3) is 0 Å². The number of hydrogen-bond acceptors (Lipinski definition) is 4. The lowest BCUT2D eigenvalue weighted by Gasteiger charge is -2.38. The second-order valence-electron chi connectivity index (χ2n) is 6.19. The average Bonchev–Trinajstić information content (AvgIpc) is 2.61. The quantitative estimate of drug-likeness (QED) is 0.719. The van der Waals surface area contributed by atoms with E-state index in [0.717, 1.165) is 0 Å². The van der Waals surface area contributed by atoms with Crippen molar-refractivity contribution < 1.29 is 16.8 Å². The Balaban J connectivity index is 1.86. The summed E-state index contributed by atoms with van der Waals surface area (Å²) in [6, 6.07) is 11.8. The van der Waals surface area contributed by atoms with E-state index in [1.807, 2.05) is 0 Å². The minimum Gasteiger partial charge on any atom is -0.207 e. The number of nitrogens with zero attached hydrogens (tertiary/aromatic N) is 2. The molecule has 1 aliphatic heterocycles. The molecule has 0 saturated carbocycles. The Morgan fingerprint density at radius 2 is 1.30 bits per heavy atom. The maximum atomic E-state index is 13.0. The van der Waals surface area contributed by atoms with Gasteiger partial charge in [-0.2, -0.15) is 8.61 Å². The second-order valence-corrected chi connectivity index (χ2v) is 10.8. The van der Waals surface area contributed by atoms with Crippen molar-refractivity contribution >= 4 is 43.2 Å². The molecular formula is C17H18Cl2N2O4S2. The van der Waals surface area contributed by atoms with E-state index in [4.69, 9.17) is 23.2 Å². The molecule has 0 aliphatic carbocycles. The van der Waals surface area contributed by atoms with Gasteiger partial charge in [0.15, 0.2) is 0 Å². The van der Waals surface area contributed by atoms with Gasteiger partial charge in [0.25, 0.3) is 0 Å². The van der Waals surface area contributed by atoms with Gasteiger partial charge < -0.3 is 0 Å². The van der Waals surface area contributed by atoms with Crippen molar-refractivity contribution in [2.45, 2.75) is 22.8 Å². The summed E-state index contributed by atoms with van der Waals surface area (Å²) in [7, 11) is -7.64. The molecule has 0 radical (unpaired) electrons. The van der Waals surface area contributed by atoms with E-state index in [0.29, 0.717) is 0 Å². The van der Waals surface area contributed by atoms with Gasteiger partial charge in [-0.05, 0) is 31.2 Å². The maximum Gasteiger partial charge on any atom is 0.244 e. The molecule has 1 heterocycles.